The summed E-state index contributed by atoms with van der Waals surface area (Å²) in [7, 11) is 0. The van der Waals surface area contributed by atoms with Crippen molar-refractivity contribution in [3.05, 3.63) is 35.4 Å². The third-order valence-electron chi connectivity index (χ3n) is 3.39. The summed E-state index contributed by atoms with van der Waals surface area (Å²) in [6, 6.07) is 5.76. The van der Waals surface area contributed by atoms with Crippen molar-refractivity contribution < 1.29 is 19.8 Å². The monoisotopic (exact) mass is 293 g/mol. The summed E-state index contributed by atoms with van der Waals surface area (Å²) in [5.41, 5.74) is 1.91. The van der Waals surface area contributed by atoms with Gasteiger partial charge in [0.2, 0.25) is 0 Å². The van der Waals surface area contributed by atoms with Crippen molar-refractivity contribution in [1.82, 2.24) is 5.32 Å². The van der Waals surface area contributed by atoms with E-state index in [1.54, 1.807) is 0 Å². The van der Waals surface area contributed by atoms with Crippen molar-refractivity contribution in [3.63, 3.8) is 0 Å². The molecular formula is C16H23NO4. The highest BCUT2D eigenvalue weighted by Gasteiger charge is 2.27. The maximum atomic E-state index is 11.4. The highest BCUT2D eigenvalue weighted by Crippen LogP contribution is 2.12. The SMILES string of the molecule is Cc1ccccc1CC(NC(CC(C)C)C(=O)O)C(=O)O. The second kappa shape index (κ2) is 7.78. The van der Waals surface area contributed by atoms with Gasteiger partial charge in [-0.25, -0.2) is 0 Å². The lowest BCUT2D eigenvalue weighted by molar-refractivity contribution is -0.142. The van der Waals surface area contributed by atoms with Crippen molar-refractivity contribution in [2.45, 2.75) is 45.7 Å². The minimum atomic E-state index is -1.03. The van der Waals surface area contributed by atoms with Crippen molar-refractivity contribution >= 4 is 11.9 Å². The van der Waals surface area contributed by atoms with E-state index in [9.17, 15) is 19.8 Å². The number of carbonyl (C=O) groups is 2. The Morgan fingerprint density at radius 1 is 1.10 bits per heavy atom. The predicted molar refractivity (Wildman–Crippen MR) is 80.3 cm³/mol. The van der Waals surface area contributed by atoms with Crippen LogP contribution in [-0.4, -0.2) is 34.2 Å². The molecule has 0 heterocycles. The second-order valence-corrected chi connectivity index (χ2v) is 5.71. The van der Waals surface area contributed by atoms with Crippen LogP contribution in [0.2, 0.25) is 0 Å². The van der Waals surface area contributed by atoms with Gasteiger partial charge < -0.3 is 10.2 Å². The number of carboxylic acid groups (broad SMARTS) is 2. The van der Waals surface area contributed by atoms with Gasteiger partial charge in [-0.05, 0) is 36.8 Å². The summed E-state index contributed by atoms with van der Waals surface area (Å²) in [6.07, 6.45) is 0.663. The van der Waals surface area contributed by atoms with Crippen LogP contribution < -0.4 is 5.32 Å². The summed E-state index contributed by atoms with van der Waals surface area (Å²) in [5.74, 6) is -1.88. The Labute approximate surface area is 125 Å². The third kappa shape index (κ3) is 5.55. The number of aliphatic carboxylic acids is 2. The molecule has 1 aromatic carbocycles. The lowest BCUT2D eigenvalue weighted by Gasteiger charge is -2.22. The molecule has 0 fully saturated rings. The Balaban J connectivity index is 2.84. The van der Waals surface area contributed by atoms with Crippen LogP contribution in [-0.2, 0) is 16.0 Å². The molecule has 0 aliphatic rings. The molecule has 0 spiro atoms. The standard InChI is InChI=1S/C16H23NO4/c1-10(2)8-13(15(18)19)17-14(16(20)21)9-12-7-5-4-6-11(12)3/h4-7,10,13-14,17H,8-9H2,1-3H3,(H,18,19)(H,20,21). The summed E-state index contributed by atoms with van der Waals surface area (Å²) >= 11 is 0. The van der Waals surface area contributed by atoms with Crippen LogP contribution >= 0.6 is 0 Å². The van der Waals surface area contributed by atoms with Crippen LogP contribution in [0.25, 0.3) is 0 Å². The maximum absolute atomic E-state index is 11.4. The molecule has 116 valence electrons. The highest BCUT2D eigenvalue weighted by atomic mass is 16.4. The van der Waals surface area contributed by atoms with Gasteiger partial charge in [0.25, 0.3) is 0 Å². The molecule has 0 amide bonds. The normalized spacial score (nSPS) is 13.9. The number of hydrogen-bond acceptors (Lipinski definition) is 3. The summed E-state index contributed by atoms with van der Waals surface area (Å²) < 4.78 is 0. The molecule has 0 saturated carbocycles. The topological polar surface area (TPSA) is 86.6 Å². The van der Waals surface area contributed by atoms with Gasteiger partial charge >= 0.3 is 11.9 Å². The molecule has 3 N–H and O–H groups in total. The van der Waals surface area contributed by atoms with Crippen LogP contribution in [0.4, 0.5) is 0 Å². The summed E-state index contributed by atoms with van der Waals surface area (Å²) in [4.78, 5) is 22.7. The van der Waals surface area contributed by atoms with E-state index in [0.29, 0.717) is 6.42 Å². The minimum Gasteiger partial charge on any atom is -0.480 e. The molecule has 2 unspecified atom stereocenters. The average molecular weight is 293 g/mol. The first kappa shape index (κ1) is 17.2. The Kier molecular flexibility index (Phi) is 6.37. The first-order valence-electron chi connectivity index (χ1n) is 7.07. The number of rotatable bonds is 8. The Morgan fingerprint density at radius 2 is 1.67 bits per heavy atom. The second-order valence-electron chi connectivity index (χ2n) is 5.71. The van der Waals surface area contributed by atoms with Gasteiger partial charge in [-0.15, -0.1) is 0 Å². The van der Waals surface area contributed by atoms with E-state index in [2.05, 4.69) is 5.32 Å². The molecule has 1 rings (SSSR count). The van der Waals surface area contributed by atoms with Crippen molar-refractivity contribution in [3.8, 4) is 0 Å². The van der Waals surface area contributed by atoms with E-state index in [4.69, 9.17) is 0 Å². The Bertz CT molecular complexity index is 499. The molecule has 21 heavy (non-hydrogen) atoms. The molecule has 0 aliphatic carbocycles. The molecule has 2 atom stereocenters. The van der Waals surface area contributed by atoms with E-state index >= 15 is 0 Å². The predicted octanol–water partition coefficient (Wildman–Crippen LogP) is 2.08. The fourth-order valence-corrected chi connectivity index (χ4v) is 2.23. The van der Waals surface area contributed by atoms with E-state index in [0.717, 1.165) is 11.1 Å². The molecule has 0 aliphatic heterocycles. The molecule has 0 radical (unpaired) electrons. The Morgan fingerprint density at radius 3 is 2.14 bits per heavy atom. The van der Waals surface area contributed by atoms with Gasteiger partial charge in [-0.3, -0.25) is 14.9 Å². The van der Waals surface area contributed by atoms with Crippen molar-refractivity contribution in [2.75, 3.05) is 0 Å². The van der Waals surface area contributed by atoms with Crippen molar-refractivity contribution in [2.24, 2.45) is 5.92 Å². The molecule has 5 heteroatoms. The average Bonchev–Trinajstić information content (AvgIpc) is 2.38. The zero-order chi connectivity index (χ0) is 16.0. The highest BCUT2D eigenvalue weighted by molar-refractivity contribution is 5.77. The summed E-state index contributed by atoms with van der Waals surface area (Å²) in [6.45, 7) is 5.74. The van der Waals surface area contributed by atoms with E-state index in [1.807, 2.05) is 45.0 Å². The van der Waals surface area contributed by atoms with Gasteiger partial charge in [-0.2, -0.15) is 0 Å². The Hall–Kier alpha value is -1.88. The maximum Gasteiger partial charge on any atom is 0.321 e. The minimum absolute atomic E-state index is 0.173. The van der Waals surface area contributed by atoms with Crippen LogP contribution in [0.5, 0.6) is 0 Å². The van der Waals surface area contributed by atoms with E-state index in [1.165, 1.54) is 0 Å². The first-order valence-corrected chi connectivity index (χ1v) is 7.07. The quantitative estimate of drug-likeness (QED) is 0.683. The van der Waals surface area contributed by atoms with Crippen LogP contribution in [0.15, 0.2) is 24.3 Å². The number of nitrogens with one attached hydrogen (secondary N) is 1. The molecule has 0 bridgehead atoms. The van der Waals surface area contributed by atoms with Gasteiger partial charge in [0, 0.05) is 0 Å². The fourth-order valence-electron chi connectivity index (χ4n) is 2.23. The summed E-state index contributed by atoms with van der Waals surface area (Å²) in [5, 5.41) is 21.3. The number of benzene rings is 1. The largest absolute Gasteiger partial charge is 0.480 e. The van der Waals surface area contributed by atoms with Crippen LogP contribution in [0.3, 0.4) is 0 Å². The lowest BCUT2D eigenvalue weighted by atomic mass is 9.98. The number of aryl methyl sites for hydroxylation is 1. The van der Waals surface area contributed by atoms with E-state index < -0.39 is 24.0 Å². The third-order valence-corrected chi connectivity index (χ3v) is 3.39. The lowest BCUT2D eigenvalue weighted by Crippen LogP contribution is -2.48. The van der Waals surface area contributed by atoms with Gasteiger partial charge in [0.1, 0.15) is 12.1 Å². The smallest absolute Gasteiger partial charge is 0.321 e. The first-order chi connectivity index (χ1) is 9.81. The van der Waals surface area contributed by atoms with Crippen LogP contribution in [0, 0.1) is 12.8 Å². The van der Waals surface area contributed by atoms with Gasteiger partial charge in [-0.1, -0.05) is 38.1 Å². The molecule has 1 aromatic rings. The van der Waals surface area contributed by atoms with Crippen molar-refractivity contribution in [1.29, 1.82) is 0 Å². The zero-order valence-electron chi connectivity index (χ0n) is 12.7. The van der Waals surface area contributed by atoms with E-state index in [-0.39, 0.29) is 12.3 Å². The van der Waals surface area contributed by atoms with Crippen LogP contribution in [0.1, 0.15) is 31.4 Å². The molecular weight excluding hydrogens is 270 g/mol. The number of hydrogen-bond donors (Lipinski definition) is 3. The van der Waals surface area contributed by atoms with Gasteiger partial charge in [0.15, 0.2) is 0 Å². The van der Waals surface area contributed by atoms with Gasteiger partial charge in [0.05, 0.1) is 0 Å². The molecule has 5 nitrogen and oxygen atoms in total. The fraction of sp³-hybridized carbons (Fsp3) is 0.500. The zero-order valence-corrected chi connectivity index (χ0v) is 12.7. The molecule has 0 aromatic heterocycles. The molecule has 0 saturated heterocycles. The number of carboxylic acids is 2.